The van der Waals surface area contributed by atoms with Crippen molar-refractivity contribution in [1.29, 1.82) is 0 Å². The van der Waals surface area contributed by atoms with Gasteiger partial charge in [0, 0.05) is 25.9 Å². The van der Waals surface area contributed by atoms with Gasteiger partial charge >= 0.3 is 0 Å². The van der Waals surface area contributed by atoms with Gasteiger partial charge in [0.05, 0.1) is 17.1 Å². The Kier molecular flexibility index (Phi) is 4.37. The van der Waals surface area contributed by atoms with Gasteiger partial charge in [-0.1, -0.05) is 12.1 Å². The van der Waals surface area contributed by atoms with E-state index in [0.717, 1.165) is 22.4 Å². The summed E-state index contributed by atoms with van der Waals surface area (Å²) in [5, 5.41) is 3.03. The van der Waals surface area contributed by atoms with Crippen molar-refractivity contribution in [3.63, 3.8) is 0 Å². The average molecular weight is 308 g/mol. The van der Waals surface area contributed by atoms with Crippen molar-refractivity contribution in [2.45, 2.75) is 25.8 Å². The Morgan fingerprint density at radius 3 is 2.70 bits per heavy atom. The molecule has 3 rings (SSSR count). The second kappa shape index (κ2) is 6.60. The van der Waals surface area contributed by atoms with Gasteiger partial charge in [-0.3, -0.25) is 9.78 Å². The Bertz CT molecular complexity index is 810. The lowest BCUT2D eigenvalue weighted by atomic mass is 10.1. The summed E-state index contributed by atoms with van der Waals surface area (Å²) >= 11 is 0. The maximum atomic E-state index is 12.2. The van der Waals surface area contributed by atoms with Gasteiger partial charge in [-0.15, -0.1) is 0 Å². The van der Waals surface area contributed by atoms with Crippen molar-refractivity contribution in [3.8, 4) is 0 Å². The molecule has 0 aliphatic heterocycles. The molecule has 0 spiro atoms. The number of rotatable bonds is 5. The molecule has 1 amide bonds. The molecule has 118 valence electrons. The molecule has 23 heavy (non-hydrogen) atoms. The van der Waals surface area contributed by atoms with Crippen LogP contribution < -0.4 is 5.32 Å². The fourth-order valence-corrected chi connectivity index (χ4v) is 2.74. The van der Waals surface area contributed by atoms with Gasteiger partial charge in [0.25, 0.3) is 0 Å². The number of para-hydroxylation sites is 2. The summed E-state index contributed by atoms with van der Waals surface area (Å²) in [5.74, 6) is 0.893. The number of amides is 1. The fourth-order valence-electron chi connectivity index (χ4n) is 2.74. The summed E-state index contributed by atoms with van der Waals surface area (Å²) in [5.41, 5.74) is 3.13. The Labute approximate surface area is 135 Å². The normalized spacial score (nSPS) is 12.3. The number of aromatic nitrogens is 3. The SMILES string of the molecule is C[C@H](NC(=O)CCc1ccncc1)c1nc2ccccc2n1C. The molecule has 0 saturated carbocycles. The van der Waals surface area contributed by atoms with Crippen molar-refractivity contribution < 1.29 is 4.79 Å². The van der Waals surface area contributed by atoms with Crippen molar-refractivity contribution in [2.24, 2.45) is 7.05 Å². The highest BCUT2D eigenvalue weighted by Gasteiger charge is 2.16. The molecule has 0 fully saturated rings. The number of pyridine rings is 1. The van der Waals surface area contributed by atoms with Crippen LogP contribution in [-0.2, 0) is 18.3 Å². The number of imidazole rings is 1. The van der Waals surface area contributed by atoms with Crippen LogP contribution >= 0.6 is 0 Å². The van der Waals surface area contributed by atoms with Crippen molar-refractivity contribution in [3.05, 3.63) is 60.2 Å². The van der Waals surface area contributed by atoms with Crippen LogP contribution in [0.1, 0.15) is 30.8 Å². The number of nitrogens with zero attached hydrogens (tertiary/aromatic N) is 3. The highest BCUT2D eigenvalue weighted by atomic mass is 16.1. The van der Waals surface area contributed by atoms with Crippen LogP contribution in [0.4, 0.5) is 0 Å². The van der Waals surface area contributed by atoms with E-state index in [2.05, 4.69) is 15.3 Å². The monoisotopic (exact) mass is 308 g/mol. The number of hydrogen-bond acceptors (Lipinski definition) is 3. The van der Waals surface area contributed by atoms with E-state index in [1.807, 2.05) is 54.9 Å². The molecule has 1 N–H and O–H groups in total. The second-order valence-electron chi connectivity index (χ2n) is 5.66. The second-order valence-corrected chi connectivity index (χ2v) is 5.66. The Balaban J connectivity index is 1.64. The third-order valence-corrected chi connectivity index (χ3v) is 3.98. The lowest BCUT2D eigenvalue weighted by Gasteiger charge is -2.14. The molecule has 1 aromatic carbocycles. The molecule has 0 bridgehead atoms. The van der Waals surface area contributed by atoms with Crippen LogP contribution in [0.5, 0.6) is 0 Å². The standard InChI is InChI=1S/C18H20N4O/c1-13(18-21-15-5-3-4-6-16(15)22(18)2)20-17(23)8-7-14-9-11-19-12-10-14/h3-6,9-13H,7-8H2,1-2H3,(H,20,23)/t13-/m0/s1. The lowest BCUT2D eigenvalue weighted by molar-refractivity contribution is -0.121. The number of nitrogens with one attached hydrogen (secondary N) is 1. The molecular weight excluding hydrogens is 288 g/mol. The molecule has 0 aliphatic carbocycles. The van der Waals surface area contributed by atoms with E-state index in [0.29, 0.717) is 12.8 Å². The number of carbonyl (C=O) groups is 1. The summed E-state index contributed by atoms with van der Waals surface area (Å²) in [7, 11) is 1.98. The molecule has 3 aromatic rings. The maximum absolute atomic E-state index is 12.2. The van der Waals surface area contributed by atoms with Gasteiger partial charge < -0.3 is 9.88 Å². The van der Waals surface area contributed by atoms with Crippen LogP contribution in [-0.4, -0.2) is 20.4 Å². The quantitative estimate of drug-likeness (QED) is 0.788. The third-order valence-electron chi connectivity index (χ3n) is 3.98. The van der Waals surface area contributed by atoms with E-state index < -0.39 is 0 Å². The minimum absolute atomic E-state index is 0.0290. The zero-order chi connectivity index (χ0) is 16.2. The van der Waals surface area contributed by atoms with E-state index in [-0.39, 0.29) is 11.9 Å². The van der Waals surface area contributed by atoms with Crippen LogP contribution in [0.25, 0.3) is 11.0 Å². The Hall–Kier alpha value is -2.69. The Morgan fingerprint density at radius 1 is 1.22 bits per heavy atom. The van der Waals surface area contributed by atoms with Crippen LogP contribution in [0, 0.1) is 0 Å². The van der Waals surface area contributed by atoms with E-state index in [9.17, 15) is 4.79 Å². The van der Waals surface area contributed by atoms with Gasteiger partial charge in [-0.2, -0.15) is 0 Å². The smallest absolute Gasteiger partial charge is 0.220 e. The summed E-state index contributed by atoms with van der Waals surface area (Å²) < 4.78 is 2.03. The van der Waals surface area contributed by atoms with Gasteiger partial charge in [-0.25, -0.2) is 4.98 Å². The van der Waals surface area contributed by atoms with Crippen molar-refractivity contribution in [2.75, 3.05) is 0 Å². The highest BCUT2D eigenvalue weighted by Crippen LogP contribution is 2.19. The first-order valence-electron chi connectivity index (χ1n) is 7.75. The molecule has 2 aromatic heterocycles. The third kappa shape index (κ3) is 3.39. The minimum atomic E-state index is -0.127. The predicted molar refractivity (Wildman–Crippen MR) is 89.8 cm³/mol. The fraction of sp³-hybridized carbons (Fsp3) is 0.278. The number of fused-ring (bicyclic) bond motifs is 1. The van der Waals surface area contributed by atoms with Crippen molar-refractivity contribution in [1.82, 2.24) is 19.9 Å². The number of aryl methyl sites for hydroxylation is 2. The first-order chi connectivity index (χ1) is 11.1. The largest absolute Gasteiger partial charge is 0.346 e. The molecule has 0 saturated heterocycles. The van der Waals surface area contributed by atoms with Gasteiger partial charge in [0.15, 0.2) is 0 Å². The molecule has 2 heterocycles. The molecule has 0 unspecified atom stereocenters. The van der Waals surface area contributed by atoms with E-state index in [4.69, 9.17) is 0 Å². The number of hydrogen-bond donors (Lipinski definition) is 1. The van der Waals surface area contributed by atoms with Gasteiger partial charge in [0.2, 0.25) is 5.91 Å². The van der Waals surface area contributed by atoms with Crippen LogP contribution in [0.2, 0.25) is 0 Å². The van der Waals surface area contributed by atoms with Crippen LogP contribution in [0.15, 0.2) is 48.8 Å². The molecule has 0 aliphatic rings. The summed E-state index contributed by atoms with van der Waals surface area (Å²) in [4.78, 5) is 20.8. The first kappa shape index (κ1) is 15.2. The van der Waals surface area contributed by atoms with Crippen LogP contribution in [0.3, 0.4) is 0 Å². The topological polar surface area (TPSA) is 59.8 Å². The average Bonchev–Trinajstić information content (AvgIpc) is 2.91. The van der Waals surface area contributed by atoms with Gasteiger partial charge in [-0.05, 0) is 43.2 Å². The minimum Gasteiger partial charge on any atom is -0.346 e. The van der Waals surface area contributed by atoms with Crippen molar-refractivity contribution >= 4 is 16.9 Å². The maximum Gasteiger partial charge on any atom is 0.220 e. The predicted octanol–water partition coefficient (Wildman–Crippen LogP) is 2.78. The molecule has 0 radical (unpaired) electrons. The summed E-state index contributed by atoms with van der Waals surface area (Å²) in [6, 6.07) is 11.7. The van der Waals surface area contributed by atoms with E-state index >= 15 is 0 Å². The molecule has 1 atom stereocenters. The zero-order valence-corrected chi connectivity index (χ0v) is 13.4. The summed E-state index contributed by atoms with van der Waals surface area (Å²) in [6.07, 6.45) is 4.66. The number of benzene rings is 1. The highest BCUT2D eigenvalue weighted by molar-refractivity contribution is 5.78. The molecule has 5 nitrogen and oxygen atoms in total. The number of carbonyl (C=O) groups excluding carboxylic acids is 1. The summed E-state index contributed by atoms with van der Waals surface area (Å²) in [6.45, 7) is 1.96. The first-order valence-corrected chi connectivity index (χ1v) is 7.75. The van der Waals surface area contributed by atoms with E-state index in [1.165, 1.54) is 0 Å². The molecular formula is C18H20N4O. The zero-order valence-electron chi connectivity index (χ0n) is 13.4. The van der Waals surface area contributed by atoms with Gasteiger partial charge in [0.1, 0.15) is 5.82 Å². The Morgan fingerprint density at radius 2 is 1.96 bits per heavy atom. The molecule has 5 heteroatoms. The lowest BCUT2D eigenvalue weighted by Crippen LogP contribution is -2.28. The van der Waals surface area contributed by atoms with E-state index in [1.54, 1.807) is 12.4 Å².